The molecule has 3 unspecified atom stereocenters. The molecule has 0 heterocycles. The first-order valence-corrected chi connectivity index (χ1v) is 24.7. The van der Waals surface area contributed by atoms with E-state index < -0.39 is 18.2 Å². The molecular weight excluding hydrogens is 731 g/mol. The average Bonchev–Trinajstić information content (AvgIpc) is 3.23. The Kier molecular flexibility index (Phi) is 44.2. The number of nitrogens with one attached hydrogen (secondary N) is 1. The first kappa shape index (κ1) is 56.3. The summed E-state index contributed by atoms with van der Waals surface area (Å²) in [6.45, 7) is 6.28. The predicted molar refractivity (Wildman–Crippen MR) is 255 cm³/mol. The van der Waals surface area contributed by atoms with Crippen LogP contribution in [0, 0.1) is 0 Å². The normalized spacial score (nSPS) is 13.9. The molecule has 1 amide bonds. The molecule has 0 aromatic rings. The summed E-state index contributed by atoms with van der Waals surface area (Å²) >= 11 is 0. The number of rotatable bonds is 43. The summed E-state index contributed by atoms with van der Waals surface area (Å²) in [6.07, 6.45) is 58.2. The molecule has 0 spiro atoms. The average molecular weight is 824 g/mol. The first-order valence-electron chi connectivity index (χ1n) is 24.7. The molecule has 0 rings (SSSR count). The minimum Gasteiger partial charge on any atom is -0.462 e. The van der Waals surface area contributed by atoms with Gasteiger partial charge in [-0.05, 0) is 70.6 Å². The van der Waals surface area contributed by atoms with Crippen LogP contribution in [0.25, 0.3) is 0 Å². The molecule has 0 saturated heterocycles. The van der Waals surface area contributed by atoms with Crippen molar-refractivity contribution in [3.63, 3.8) is 0 Å². The lowest BCUT2D eigenvalue weighted by Gasteiger charge is -2.24. The van der Waals surface area contributed by atoms with Gasteiger partial charge in [0.05, 0.1) is 25.2 Å². The van der Waals surface area contributed by atoms with Gasteiger partial charge >= 0.3 is 5.97 Å². The molecule has 0 aromatic carbocycles. The van der Waals surface area contributed by atoms with Gasteiger partial charge < -0.3 is 20.3 Å². The molecule has 0 aliphatic heterocycles. The Bertz CT molecular complexity index is 1110. The smallest absolute Gasteiger partial charge is 0.306 e. The third kappa shape index (κ3) is 41.8. The maximum absolute atomic E-state index is 13.1. The van der Waals surface area contributed by atoms with E-state index in [1.165, 1.54) is 109 Å². The van der Waals surface area contributed by atoms with Crippen molar-refractivity contribution in [3.8, 4) is 0 Å². The molecular formula is C53H93NO5. The standard InChI is InChI=1S/C53H93NO5/c1-4-7-10-13-16-19-22-24-25-26-27-28-31-34-37-40-43-46-53(58)59-49(44-41-38-35-32-29-21-18-15-12-9-6-3)47-52(57)54-50(48-55)51(56)45-42-39-36-33-30-23-20-17-14-11-8-5-2/h9,12,15-16,18-19,21,24-25,29,32,35,49-51,55-56H,4-8,10-11,13-14,17,20,22-23,26-28,30-31,33-34,36-48H2,1-3H3,(H,54,57)/b12-9+,18-15+,19-16-,25-24-,29-21-,35-32-. The van der Waals surface area contributed by atoms with E-state index in [1.54, 1.807) is 0 Å². The lowest BCUT2D eigenvalue weighted by Crippen LogP contribution is -2.46. The molecule has 0 radical (unpaired) electrons. The molecule has 0 aromatic heterocycles. The number of ether oxygens (including phenoxy) is 1. The van der Waals surface area contributed by atoms with E-state index in [0.717, 1.165) is 70.6 Å². The van der Waals surface area contributed by atoms with E-state index >= 15 is 0 Å². The highest BCUT2D eigenvalue weighted by Gasteiger charge is 2.24. The van der Waals surface area contributed by atoms with Crippen LogP contribution in [0.1, 0.15) is 226 Å². The predicted octanol–water partition coefficient (Wildman–Crippen LogP) is 14.6. The highest BCUT2D eigenvalue weighted by atomic mass is 16.5. The largest absolute Gasteiger partial charge is 0.462 e. The van der Waals surface area contributed by atoms with Crippen molar-refractivity contribution >= 4 is 11.9 Å². The quantitative estimate of drug-likeness (QED) is 0.0246. The highest BCUT2D eigenvalue weighted by molar-refractivity contribution is 5.77. The van der Waals surface area contributed by atoms with Gasteiger partial charge in [-0.1, -0.05) is 216 Å². The molecule has 59 heavy (non-hydrogen) atoms. The summed E-state index contributed by atoms with van der Waals surface area (Å²) in [7, 11) is 0. The molecule has 0 saturated carbocycles. The first-order chi connectivity index (χ1) is 29.0. The third-order valence-electron chi connectivity index (χ3n) is 10.9. The SMILES string of the molecule is CC/C=C/C=C/C=C\C=C/CCCC(CC(=O)NC(CO)C(O)CCCCCCCCCCCCCC)OC(=O)CCCCCCCCC/C=C\C/C=C\CCCCC. The number of hydrogen-bond donors (Lipinski definition) is 3. The molecule has 0 fully saturated rings. The van der Waals surface area contributed by atoms with Gasteiger partial charge in [-0.2, -0.15) is 0 Å². The van der Waals surface area contributed by atoms with Crippen LogP contribution in [-0.4, -0.2) is 46.9 Å². The fourth-order valence-electron chi connectivity index (χ4n) is 7.12. The van der Waals surface area contributed by atoms with Crippen molar-refractivity contribution in [1.29, 1.82) is 0 Å². The van der Waals surface area contributed by atoms with E-state index in [-0.39, 0.29) is 24.9 Å². The number of carbonyl (C=O) groups is 2. The van der Waals surface area contributed by atoms with Crippen molar-refractivity contribution in [2.75, 3.05) is 6.61 Å². The van der Waals surface area contributed by atoms with Crippen LogP contribution in [0.3, 0.4) is 0 Å². The van der Waals surface area contributed by atoms with Gasteiger partial charge in [0, 0.05) is 6.42 Å². The molecule has 0 aliphatic rings. The summed E-state index contributed by atoms with van der Waals surface area (Å²) in [5.74, 6) is -0.554. The van der Waals surface area contributed by atoms with Gasteiger partial charge in [-0.3, -0.25) is 9.59 Å². The van der Waals surface area contributed by atoms with Crippen molar-refractivity contribution in [3.05, 3.63) is 72.9 Å². The Morgan fingerprint density at radius 2 is 1.00 bits per heavy atom. The van der Waals surface area contributed by atoms with E-state index in [2.05, 4.69) is 62.5 Å². The zero-order valence-corrected chi connectivity index (χ0v) is 38.6. The van der Waals surface area contributed by atoms with Crippen LogP contribution in [0.2, 0.25) is 0 Å². The van der Waals surface area contributed by atoms with E-state index in [1.807, 2.05) is 36.5 Å². The second-order valence-electron chi connectivity index (χ2n) is 16.6. The van der Waals surface area contributed by atoms with E-state index in [9.17, 15) is 19.8 Å². The van der Waals surface area contributed by atoms with E-state index in [4.69, 9.17) is 4.74 Å². The van der Waals surface area contributed by atoms with Gasteiger partial charge in [0.25, 0.3) is 0 Å². The Balaban J connectivity index is 4.62. The van der Waals surface area contributed by atoms with Gasteiger partial charge in [-0.25, -0.2) is 0 Å². The number of carbonyl (C=O) groups excluding carboxylic acids is 2. The van der Waals surface area contributed by atoms with Crippen molar-refractivity contribution < 1.29 is 24.5 Å². The summed E-state index contributed by atoms with van der Waals surface area (Å²) < 4.78 is 5.88. The number of amides is 1. The highest BCUT2D eigenvalue weighted by Crippen LogP contribution is 2.17. The van der Waals surface area contributed by atoms with Crippen molar-refractivity contribution in [2.24, 2.45) is 0 Å². The van der Waals surface area contributed by atoms with Crippen LogP contribution < -0.4 is 5.32 Å². The second-order valence-corrected chi connectivity index (χ2v) is 16.6. The Morgan fingerprint density at radius 1 is 0.525 bits per heavy atom. The minimum absolute atomic E-state index is 0.0260. The summed E-state index contributed by atoms with van der Waals surface area (Å²) in [5, 5.41) is 23.7. The van der Waals surface area contributed by atoms with Crippen LogP contribution in [-0.2, 0) is 14.3 Å². The fourth-order valence-corrected chi connectivity index (χ4v) is 7.12. The molecule has 3 atom stereocenters. The molecule has 6 heteroatoms. The van der Waals surface area contributed by atoms with E-state index in [0.29, 0.717) is 19.3 Å². The van der Waals surface area contributed by atoms with Crippen molar-refractivity contribution in [2.45, 2.75) is 244 Å². The van der Waals surface area contributed by atoms with Crippen molar-refractivity contribution in [1.82, 2.24) is 5.32 Å². The lowest BCUT2D eigenvalue weighted by atomic mass is 10.0. The fraction of sp³-hybridized carbons (Fsp3) is 0.736. The third-order valence-corrected chi connectivity index (χ3v) is 10.9. The zero-order chi connectivity index (χ0) is 43.1. The maximum atomic E-state index is 13.1. The number of esters is 1. The molecule has 0 aliphatic carbocycles. The topological polar surface area (TPSA) is 95.9 Å². The summed E-state index contributed by atoms with van der Waals surface area (Å²) in [4.78, 5) is 26.0. The minimum atomic E-state index is -0.807. The van der Waals surface area contributed by atoms with Gasteiger partial charge in [0.1, 0.15) is 6.10 Å². The van der Waals surface area contributed by atoms with Crippen LogP contribution in [0.15, 0.2) is 72.9 Å². The summed E-state index contributed by atoms with van der Waals surface area (Å²) in [6, 6.07) is -0.725. The number of aliphatic hydroxyl groups excluding tert-OH is 2. The molecule has 3 N–H and O–H groups in total. The zero-order valence-electron chi connectivity index (χ0n) is 38.6. The van der Waals surface area contributed by atoms with Gasteiger partial charge in [-0.15, -0.1) is 0 Å². The molecule has 6 nitrogen and oxygen atoms in total. The number of aliphatic hydroxyl groups is 2. The van der Waals surface area contributed by atoms with Crippen LogP contribution in [0.4, 0.5) is 0 Å². The van der Waals surface area contributed by atoms with Crippen LogP contribution >= 0.6 is 0 Å². The maximum Gasteiger partial charge on any atom is 0.306 e. The second kappa shape index (κ2) is 46.4. The van der Waals surface area contributed by atoms with Gasteiger partial charge in [0.2, 0.25) is 5.91 Å². The monoisotopic (exact) mass is 824 g/mol. The lowest BCUT2D eigenvalue weighted by molar-refractivity contribution is -0.151. The number of allylic oxidation sites excluding steroid dienone is 12. The summed E-state index contributed by atoms with van der Waals surface area (Å²) in [5.41, 5.74) is 0. The number of hydrogen-bond acceptors (Lipinski definition) is 5. The van der Waals surface area contributed by atoms with Crippen LogP contribution in [0.5, 0.6) is 0 Å². The Hall–Kier alpha value is -2.70. The molecule has 0 bridgehead atoms. The number of unbranched alkanes of at least 4 members (excludes halogenated alkanes) is 22. The van der Waals surface area contributed by atoms with Gasteiger partial charge in [0.15, 0.2) is 0 Å². The molecule has 340 valence electrons. The Labute approximate surface area is 364 Å². The Morgan fingerprint density at radius 3 is 1.58 bits per heavy atom.